The van der Waals surface area contributed by atoms with E-state index in [-0.39, 0.29) is 24.9 Å². The van der Waals surface area contributed by atoms with E-state index in [1.807, 2.05) is 58.2 Å². The van der Waals surface area contributed by atoms with E-state index >= 15 is 0 Å². The summed E-state index contributed by atoms with van der Waals surface area (Å²) in [6, 6.07) is 14.4. The van der Waals surface area contributed by atoms with Crippen LogP contribution in [0.15, 0.2) is 48.7 Å². The number of nitrogens with zero attached hydrogens (tertiary/aromatic N) is 3. The lowest BCUT2D eigenvalue weighted by Crippen LogP contribution is -2.59. The van der Waals surface area contributed by atoms with Gasteiger partial charge < -0.3 is 23.7 Å². The molecule has 3 fully saturated rings. The number of hydrogen-bond donors (Lipinski definition) is 0. The third-order valence-electron chi connectivity index (χ3n) is 6.97. The van der Waals surface area contributed by atoms with Crippen LogP contribution in [0.25, 0.3) is 16.5 Å². The highest BCUT2D eigenvalue weighted by molar-refractivity contribution is 5.89. The van der Waals surface area contributed by atoms with E-state index in [4.69, 9.17) is 23.7 Å². The zero-order chi connectivity index (χ0) is 23.6. The molecule has 0 radical (unpaired) electrons. The summed E-state index contributed by atoms with van der Waals surface area (Å²) in [4.78, 5) is 0. The summed E-state index contributed by atoms with van der Waals surface area (Å²) in [7, 11) is 0. The minimum Gasteiger partial charge on any atom is -0.366 e. The molecule has 2 aromatic carbocycles. The normalized spacial score (nSPS) is 31.8. The molecule has 3 aromatic rings. The lowest BCUT2D eigenvalue weighted by molar-refractivity contribution is -0.232. The fourth-order valence-corrected chi connectivity index (χ4v) is 5.59. The molecule has 1 aromatic heterocycles. The summed E-state index contributed by atoms with van der Waals surface area (Å²) in [6.07, 6.45) is 2.91. The van der Waals surface area contributed by atoms with Crippen LogP contribution < -0.4 is 0 Å². The maximum atomic E-state index is 6.52. The van der Waals surface area contributed by atoms with Gasteiger partial charge in [0, 0.05) is 5.39 Å². The first-order valence-corrected chi connectivity index (χ1v) is 11.9. The molecule has 4 atom stereocenters. The van der Waals surface area contributed by atoms with E-state index in [9.17, 15) is 0 Å². The molecule has 2 saturated heterocycles. The predicted molar refractivity (Wildman–Crippen MR) is 124 cm³/mol. The zero-order valence-corrected chi connectivity index (χ0v) is 20.1. The lowest BCUT2D eigenvalue weighted by atomic mass is 9.79. The number of rotatable bonds is 4. The third-order valence-corrected chi connectivity index (χ3v) is 6.97. The Bertz CT molecular complexity index is 1200. The van der Waals surface area contributed by atoms with Crippen molar-refractivity contribution < 1.29 is 23.7 Å². The second kappa shape index (κ2) is 7.83. The smallest absolute Gasteiger partial charge is 0.163 e. The van der Waals surface area contributed by atoms with Crippen molar-refractivity contribution in [1.82, 2.24) is 15.0 Å². The van der Waals surface area contributed by atoms with Gasteiger partial charge in [-0.05, 0) is 52.0 Å². The summed E-state index contributed by atoms with van der Waals surface area (Å²) in [6.45, 7) is 8.52. The largest absolute Gasteiger partial charge is 0.366 e. The van der Waals surface area contributed by atoms with Crippen LogP contribution in [0.5, 0.6) is 0 Å². The molecule has 8 nitrogen and oxygen atoms in total. The highest BCUT2D eigenvalue weighted by atomic mass is 16.8. The first-order valence-electron chi connectivity index (χ1n) is 11.9. The molecular formula is C26H31N3O5. The summed E-state index contributed by atoms with van der Waals surface area (Å²) >= 11 is 0. The van der Waals surface area contributed by atoms with E-state index in [0.29, 0.717) is 6.61 Å². The van der Waals surface area contributed by atoms with Gasteiger partial charge in [-0.3, -0.25) is 0 Å². The zero-order valence-electron chi connectivity index (χ0n) is 20.1. The van der Waals surface area contributed by atoms with Crippen molar-refractivity contribution in [2.24, 2.45) is 0 Å². The summed E-state index contributed by atoms with van der Waals surface area (Å²) in [5.74, 6) is -1.32. The van der Waals surface area contributed by atoms with E-state index in [1.54, 1.807) is 4.68 Å². The Labute approximate surface area is 199 Å². The van der Waals surface area contributed by atoms with Crippen LogP contribution in [0.2, 0.25) is 0 Å². The Morgan fingerprint density at radius 3 is 2.68 bits per heavy atom. The monoisotopic (exact) mass is 465 g/mol. The molecule has 0 N–H and O–H groups in total. The summed E-state index contributed by atoms with van der Waals surface area (Å²) < 4.78 is 33.2. The van der Waals surface area contributed by atoms with Gasteiger partial charge in [0.1, 0.15) is 23.5 Å². The number of ether oxygens (including phenoxy) is 5. The fraction of sp³-hybridized carbons (Fsp3) is 0.538. The molecule has 34 heavy (non-hydrogen) atoms. The van der Waals surface area contributed by atoms with Crippen molar-refractivity contribution in [3.63, 3.8) is 0 Å². The van der Waals surface area contributed by atoms with E-state index in [0.717, 1.165) is 35.0 Å². The molecule has 0 bridgehead atoms. The van der Waals surface area contributed by atoms with Crippen molar-refractivity contribution in [3.8, 4) is 5.69 Å². The second-order valence-electron chi connectivity index (χ2n) is 10.4. The van der Waals surface area contributed by atoms with Crippen LogP contribution in [0, 0.1) is 0 Å². The molecule has 0 amide bonds. The van der Waals surface area contributed by atoms with Crippen molar-refractivity contribution in [2.75, 3.05) is 6.61 Å². The number of hydrogen-bond acceptors (Lipinski definition) is 7. The van der Waals surface area contributed by atoms with Gasteiger partial charge in [0.05, 0.1) is 31.2 Å². The lowest BCUT2D eigenvalue weighted by Gasteiger charge is -2.44. The Balaban J connectivity index is 1.26. The SMILES string of the molecule is CC1(C)O[C@@H]2[C@@H](CC[C@]3(COC(C)(C)O3)[C@H]2OCc2cn(-c3cccc4ccccc34)nn2)O1. The molecule has 2 aliphatic heterocycles. The van der Waals surface area contributed by atoms with Crippen LogP contribution >= 0.6 is 0 Å². The molecule has 3 heterocycles. The molecule has 3 aliphatic rings. The van der Waals surface area contributed by atoms with E-state index < -0.39 is 17.2 Å². The molecule has 8 heteroatoms. The van der Waals surface area contributed by atoms with Crippen molar-refractivity contribution in [2.45, 2.75) is 82.6 Å². The maximum Gasteiger partial charge on any atom is 0.163 e. The highest BCUT2D eigenvalue weighted by Crippen LogP contribution is 2.48. The molecule has 0 unspecified atom stereocenters. The minimum atomic E-state index is -0.666. The minimum absolute atomic E-state index is 0.0377. The van der Waals surface area contributed by atoms with Crippen LogP contribution in [-0.4, -0.2) is 57.1 Å². The first-order chi connectivity index (χ1) is 16.2. The van der Waals surface area contributed by atoms with Crippen LogP contribution in [0.4, 0.5) is 0 Å². The van der Waals surface area contributed by atoms with Gasteiger partial charge in [-0.2, -0.15) is 0 Å². The first kappa shape index (κ1) is 22.1. The number of fused-ring (bicyclic) bond motifs is 2. The predicted octanol–water partition coefficient (Wildman–Crippen LogP) is 4.14. The quantitative estimate of drug-likeness (QED) is 0.573. The topological polar surface area (TPSA) is 76.9 Å². The Morgan fingerprint density at radius 1 is 1.03 bits per heavy atom. The number of benzene rings is 2. The average Bonchev–Trinajstić information content (AvgIpc) is 3.48. The van der Waals surface area contributed by atoms with E-state index in [1.165, 1.54) is 0 Å². The standard InChI is InChI=1S/C26H31N3O5/c1-24(2)31-16-26(34-24)13-12-21-22(33-25(3,4)32-21)23(26)30-15-18-14-29(28-27-18)20-11-7-9-17-8-5-6-10-19(17)20/h5-11,14,21-23H,12-13,15-16H2,1-4H3/t21-,22-,23+,26+/m1/s1. The van der Waals surface area contributed by atoms with Crippen LogP contribution in [0.1, 0.15) is 46.2 Å². The van der Waals surface area contributed by atoms with Crippen molar-refractivity contribution >= 4 is 10.8 Å². The molecule has 1 spiro atoms. The van der Waals surface area contributed by atoms with Gasteiger partial charge in [0.2, 0.25) is 0 Å². The van der Waals surface area contributed by atoms with Crippen molar-refractivity contribution in [1.29, 1.82) is 0 Å². The Hall–Kier alpha value is -2.36. The van der Waals surface area contributed by atoms with Crippen LogP contribution in [-0.2, 0) is 30.3 Å². The summed E-state index contributed by atoms with van der Waals surface area (Å²) in [5.41, 5.74) is 1.14. The molecule has 1 saturated carbocycles. The number of aromatic nitrogens is 3. The van der Waals surface area contributed by atoms with Crippen molar-refractivity contribution in [3.05, 3.63) is 54.4 Å². The van der Waals surface area contributed by atoms with Gasteiger partial charge in [-0.15, -0.1) is 5.10 Å². The highest BCUT2D eigenvalue weighted by Gasteiger charge is 2.61. The summed E-state index contributed by atoms with van der Waals surface area (Å²) in [5, 5.41) is 11.0. The molecule has 6 rings (SSSR count). The molecule has 1 aliphatic carbocycles. The van der Waals surface area contributed by atoms with Gasteiger partial charge in [-0.25, -0.2) is 4.68 Å². The third kappa shape index (κ3) is 3.83. The van der Waals surface area contributed by atoms with Crippen LogP contribution in [0.3, 0.4) is 0 Å². The molecule has 180 valence electrons. The second-order valence-corrected chi connectivity index (χ2v) is 10.4. The molecular weight excluding hydrogens is 434 g/mol. The fourth-order valence-electron chi connectivity index (χ4n) is 5.59. The van der Waals surface area contributed by atoms with Gasteiger partial charge in [0.15, 0.2) is 11.6 Å². The average molecular weight is 466 g/mol. The van der Waals surface area contributed by atoms with Gasteiger partial charge >= 0.3 is 0 Å². The van der Waals surface area contributed by atoms with E-state index in [2.05, 4.69) is 28.5 Å². The maximum absolute atomic E-state index is 6.52. The Morgan fingerprint density at radius 2 is 1.85 bits per heavy atom. The van der Waals surface area contributed by atoms with Gasteiger partial charge in [-0.1, -0.05) is 41.6 Å². The Kier molecular flexibility index (Phi) is 5.09. The van der Waals surface area contributed by atoms with Gasteiger partial charge in [0.25, 0.3) is 0 Å².